The Morgan fingerprint density at radius 3 is 2.33 bits per heavy atom. The summed E-state index contributed by atoms with van der Waals surface area (Å²) in [6.07, 6.45) is 3.25. The van der Waals surface area contributed by atoms with Crippen molar-refractivity contribution in [3.63, 3.8) is 0 Å². The Morgan fingerprint density at radius 1 is 1.06 bits per heavy atom. The van der Waals surface area contributed by atoms with Gasteiger partial charge in [0.25, 0.3) is 5.91 Å². The fourth-order valence-electron chi connectivity index (χ4n) is 3.53. The molecule has 10 heteroatoms. The molecule has 2 aromatic heterocycles. The standard InChI is InChI=1S/C23H21FN6O3/c1-15-22(30(32)33)16(2)29(27-15)13-18-3-7-19(8-4-18)23(31)26-21-11-25-28(14-21)12-17-5-9-20(24)10-6-17/h3-11,14H,12-13H2,1-2H3,(H,26,31). The smallest absolute Gasteiger partial charge is 0.312 e. The summed E-state index contributed by atoms with van der Waals surface area (Å²) >= 11 is 0. The van der Waals surface area contributed by atoms with E-state index in [-0.39, 0.29) is 17.4 Å². The van der Waals surface area contributed by atoms with Crippen LogP contribution in [-0.2, 0) is 13.1 Å². The van der Waals surface area contributed by atoms with Gasteiger partial charge >= 0.3 is 5.69 Å². The molecule has 9 nitrogen and oxygen atoms in total. The Kier molecular flexibility index (Phi) is 5.99. The van der Waals surface area contributed by atoms with E-state index in [2.05, 4.69) is 15.5 Å². The van der Waals surface area contributed by atoms with E-state index >= 15 is 0 Å². The number of amides is 1. The van der Waals surface area contributed by atoms with E-state index in [0.29, 0.717) is 35.7 Å². The minimum atomic E-state index is -0.427. The van der Waals surface area contributed by atoms with E-state index in [4.69, 9.17) is 0 Å². The van der Waals surface area contributed by atoms with Crippen LogP contribution in [0.15, 0.2) is 60.9 Å². The normalized spacial score (nSPS) is 10.9. The number of rotatable bonds is 7. The summed E-state index contributed by atoms with van der Waals surface area (Å²) in [4.78, 5) is 23.3. The lowest BCUT2D eigenvalue weighted by Crippen LogP contribution is -2.12. The van der Waals surface area contributed by atoms with Gasteiger partial charge in [-0.05, 0) is 49.2 Å². The molecule has 0 aliphatic rings. The Balaban J connectivity index is 1.39. The van der Waals surface area contributed by atoms with Crippen LogP contribution in [-0.4, -0.2) is 30.4 Å². The molecular weight excluding hydrogens is 427 g/mol. The summed E-state index contributed by atoms with van der Waals surface area (Å²) in [5, 5.41) is 22.4. The molecule has 0 atom stereocenters. The molecule has 2 aromatic carbocycles. The zero-order valence-electron chi connectivity index (χ0n) is 18.0. The lowest BCUT2D eigenvalue weighted by atomic mass is 10.1. The maximum Gasteiger partial charge on any atom is 0.312 e. The predicted octanol–water partition coefficient (Wildman–Crippen LogP) is 4.09. The number of nitrogens with one attached hydrogen (secondary N) is 1. The Bertz CT molecular complexity index is 1310. The Labute approximate surface area is 188 Å². The zero-order valence-corrected chi connectivity index (χ0v) is 18.0. The molecule has 0 saturated heterocycles. The fraction of sp³-hybridized carbons (Fsp3) is 0.174. The number of aryl methyl sites for hydroxylation is 1. The summed E-state index contributed by atoms with van der Waals surface area (Å²) in [5.74, 6) is -0.584. The van der Waals surface area contributed by atoms with E-state index in [1.165, 1.54) is 12.1 Å². The topological polar surface area (TPSA) is 108 Å². The second-order valence-electron chi connectivity index (χ2n) is 7.64. The van der Waals surface area contributed by atoms with Gasteiger partial charge < -0.3 is 5.32 Å². The summed E-state index contributed by atoms with van der Waals surface area (Å²) < 4.78 is 16.3. The third-order valence-electron chi connectivity index (χ3n) is 5.22. The number of carbonyl (C=O) groups excluding carboxylic acids is 1. The van der Waals surface area contributed by atoms with Crippen molar-refractivity contribution >= 4 is 17.3 Å². The van der Waals surface area contributed by atoms with Crippen LogP contribution in [0.25, 0.3) is 0 Å². The van der Waals surface area contributed by atoms with Crippen molar-refractivity contribution in [3.8, 4) is 0 Å². The lowest BCUT2D eigenvalue weighted by molar-refractivity contribution is -0.386. The fourth-order valence-corrected chi connectivity index (χ4v) is 3.53. The largest absolute Gasteiger partial charge is 0.319 e. The van der Waals surface area contributed by atoms with Crippen LogP contribution in [0.4, 0.5) is 15.8 Å². The zero-order chi connectivity index (χ0) is 23.5. The summed E-state index contributed by atoms with van der Waals surface area (Å²) in [6.45, 7) is 4.08. The quantitative estimate of drug-likeness (QED) is 0.338. The van der Waals surface area contributed by atoms with Gasteiger partial charge in [-0.3, -0.25) is 24.3 Å². The van der Waals surface area contributed by atoms with E-state index in [0.717, 1.165) is 11.1 Å². The Morgan fingerprint density at radius 2 is 1.70 bits per heavy atom. The van der Waals surface area contributed by atoms with E-state index in [9.17, 15) is 19.3 Å². The van der Waals surface area contributed by atoms with Crippen LogP contribution in [0.5, 0.6) is 0 Å². The van der Waals surface area contributed by atoms with Crippen molar-refractivity contribution in [3.05, 3.63) is 105 Å². The van der Waals surface area contributed by atoms with Crippen molar-refractivity contribution < 1.29 is 14.1 Å². The van der Waals surface area contributed by atoms with E-state index in [1.807, 2.05) is 0 Å². The molecule has 1 N–H and O–H groups in total. The molecule has 4 rings (SSSR count). The van der Waals surface area contributed by atoms with Gasteiger partial charge in [0.2, 0.25) is 0 Å². The van der Waals surface area contributed by atoms with Crippen LogP contribution in [0.1, 0.15) is 32.9 Å². The molecule has 168 valence electrons. The number of benzene rings is 2. The van der Waals surface area contributed by atoms with Crippen LogP contribution in [0.3, 0.4) is 0 Å². The summed E-state index contributed by atoms with van der Waals surface area (Å²) in [6, 6.07) is 13.1. The molecule has 0 aliphatic heterocycles. The van der Waals surface area contributed by atoms with Gasteiger partial charge in [-0.15, -0.1) is 0 Å². The maximum absolute atomic E-state index is 13.0. The molecule has 0 fully saturated rings. The van der Waals surface area contributed by atoms with Crippen LogP contribution >= 0.6 is 0 Å². The first-order valence-electron chi connectivity index (χ1n) is 10.2. The van der Waals surface area contributed by atoms with Crippen LogP contribution in [0.2, 0.25) is 0 Å². The van der Waals surface area contributed by atoms with Gasteiger partial charge in [0.15, 0.2) is 0 Å². The monoisotopic (exact) mass is 448 g/mol. The second-order valence-corrected chi connectivity index (χ2v) is 7.64. The number of nitrogens with zero attached hydrogens (tertiary/aromatic N) is 5. The highest BCUT2D eigenvalue weighted by atomic mass is 19.1. The highest BCUT2D eigenvalue weighted by Gasteiger charge is 2.21. The van der Waals surface area contributed by atoms with Gasteiger partial charge in [-0.25, -0.2) is 4.39 Å². The minimum absolute atomic E-state index is 0.0194. The third kappa shape index (κ3) is 4.95. The molecule has 33 heavy (non-hydrogen) atoms. The predicted molar refractivity (Wildman–Crippen MR) is 120 cm³/mol. The van der Waals surface area contributed by atoms with Crippen molar-refractivity contribution in [2.75, 3.05) is 5.32 Å². The van der Waals surface area contributed by atoms with Crippen LogP contribution < -0.4 is 5.32 Å². The first kappa shape index (κ1) is 21.9. The maximum atomic E-state index is 13.0. The number of halogens is 1. The summed E-state index contributed by atoms with van der Waals surface area (Å²) in [5.41, 5.74) is 3.63. The third-order valence-corrected chi connectivity index (χ3v) is 5.22. The number of anilines is 1. The first-order valence-corrected chi connectivity index (χ1v) is 10.2. The average Bonchev–Trinajstić information content (AvgIpc) is 3.33. The minimum Gasteiger partial charge on any atom is -0.319 e. The molecule has 0 unspecified atom stereocenters. The number of hydrogen-bond acceptors (Lipinski definition) is 5. The van der Waals surface area contributed by atoms with E-state index < -0.39 is 4.92 Å². The molecule has 0 spiro atoms. The second kappa shape index (κ2) is 9.03. The lowest BCUT2D eigenvalue weighted by Gasteiger charge is -2.06. The van der Waals surface area contributed by atoms with Gasteiger partial charge in [-0.1, -0.05) is 24.3 Å². The van der Waals surface area contributed by atoms with Crippen molar-refractivity contribution in [2.24, 2.45) is 0 Å². The van der Waals surface area contributed by atoms with Crippen LogP contribution in [0, 0.1) is 29.8 Å². The molecule has 0 aliphatic carbocycles. The molecule has 2 heterocycles. The van der Waals surface area contributed by atoms with Gasteiger partial charge in [-0.2, -0.15) is 10.2 Å². The summed E-state index contributed by atoms with van der Waals surface area (Å²) in [7, 11) is 0. The van der Waals surface area contributed by atoms with Crippen molar-refractivity contribution in [2.45, 2.75) is 26.9 Å². The Hall–Kier alpha value is -4.34. The number of carbonyl (C=O) groups is 1. The van der Waals surface area contributed by atoms with Crippen molar-refractivity contribution in [1.82, 2.24) is 19.6 Å². The molecule has 1 amide bonds. The van der Waals surface area contributed by atoms with Gasteiger partial charge in [0, 0.05) is 11.8 Å². The first-order chi connectivity index (χ1) is 15.8. The SMILES string of the molecule is Cc1nn(Cc2ccc(C(=O)Nc3cnn(Cc4ccc(F)cc4)c3)cc2)c(C)c1[N+](=O)[O-]. The highest BCUT2D eigenvalue weighted by Crippen LogP contribution is 2.22. The van der Waals surface area contributed by atoms with Gasteiger partial charge in [0.1, 0.15) is 17.2 Å². The molecular formula is C23H21FN6O3. The number of aromatic nitrogens is 4. The molecule has 0 radical (unpaired) electrons. The van der Waals surface area contributed by atoms with Crippen molar-refractivity contribution in [1.29, 1.82) is 0 Å². The molecule has 4 aromatic rings. The number of nitro groups is 1. The molecule has 0 bridgehead atoms. The average molecular weight is 448 g/mol. The molecule has 0 saturated carbocycles. The van der Waals surface area contributed by atoms with E-state index in [1.54, 1.807) is 72.0 Å². The number of hydrogen-bond donors (Lipinski definition) is 1. The highest BCUT2D eigenvalue weighted by molar-refractivity contribution is 6.04. The van der Waals surface area contributed by atoms with Gasteiger partial charge in [0.05, 0.1) is 29.9 Å².